The summed E-state index contributed by atoms with van der Waals surface area (Å²) in [7, 11) is 0. The number of piperidine rings is 1. The standard InChI is InChI=1S/C21H30N4O4/c1-4-18(26)23-10-11-25-16-12-14(19(27)24-15-6-5-9-22-13-15)7-8-17(16)29-21(2,3)20(25)28/h7-8,12,15,22H,4-6,9-11,13H2,1-3H3,(H,23,26)(H,24,27)/t15-/m1/s1. The quantitative estimate of drug-likeness (QED) is 0.664. The van der Waals surface area contributed by atoms with Crippen molar-refractivity contribution in [2.24, 2.45) is 0 Å². The predicted octanol–water partition coefficient (Wildman–Crippen LogP) is 1.20. The molecular formula is C21H30N4O4. The Morgan fingerprint density at radius 1 is 1.34 bits per heavy atom. The molecule has 1 fully saturated rings. The molecule has 158 valence electrons. The fourth-order valence-electron chi connectivity index (χ4n) is 3.61. The van der Waals surface area contributed by atoms with E-state index in [-0.39, 0.29) is 23.8 Å². The minimum Gasteiger partial charge on any atom is -0.476 e. The van der Waals surface area contributed by atoms with E-state index in [9.17, 15) is 14.4 Å². The Bertz CT molecular complexity index is 787. The first-order chi connectivity index (χ1) is 13.8. The molecule has 1 atom stereocenters. The molecule has 2 aliphatic rings. The number of rotatable bonds is 6. The lowest BCUT2D eigenvalue weighted by Gasteiger charge is -2.39. The van der Waals surface area contributed by atoms with Crippen LogP contribution in [0.5, 0.6) is 5.75 Å². The monoisotopic (exact) mass is 402 g/mol. The fraction of sp³-hybridized carbons (Fsp3) is 0.571. The molecule has 2 aliphatic heterocycles. The lowest BCUT2D eigenvalue weighted by atomic mass is 10.0. The SMILES string of the molecule is CCC(=O)NCCN1C(=O)C(C)(C)Oc2ccc(C(=O)N[C@@H]3CCCNC3)cc21. The van der Waals surface area contributed by atoms with E-state index in [1.165, 1.54) is 0 Å². The zero-order valence-corrected chi connectivity index (χ0v) is 17.3. The molecule has 8 heteroatoms. The van der Waals surface area contributed by atoms with Crippen molar-refractivity contribution in [2.45, 2.75) is 51.7 Å². The van der Waals surface area contributed by atoms with E-state index in [4.69, 9.17) is 4.74 Å². The van der Waals surface area contributed by atoms with Crippen molar-refractivity contribution in [1.82, 2.24) is 16.0 Å². The number of carbonyl (C=O) groups is 3. The molecule has 0 spiro atoms. The van der Waals surface area contributed by atoms with Gasteiger partial charge in [0.15, 0.2) is 5.60 Å². The fourth-order valence-corrected chi connectivity index (χ4v) is 3.61. The molecule has 8 nitrogen and oxygen atoms in total. The molecule has 0 radical (unpaired) electrons. The Morgan fingerprint density at radius 2 is 2.14 bits per heavy atom. The van der Waals surface area contributed by atoms with Gasteiger partial charge in [-0.05, 0) is 51.4 Å². The Morgan fingerprint density at radius 3 is 2.83 bits per heavy atom. The number of nitrogens with zero attached hydrogens (tertiary/aromatic N) is 1. The largest absolute Gasteiger partial charge is 0.476 e. The molecule has 1 saturated heterocycles. The van der Waals surface area contributed by atoms with Gasteiger partial charge in [0.1, 0.15) is 5.75 Å². The maximum absolute atomic E-state index is 12.9. The molecule has 3 N–H and O–H groups in total. The van der Waals surface area contributed by atoms with Gasteiger partial charge >= 0.3 is 0 Å². The van der Waals surface area contributed by atoms with E-state index in [1.807, 2.05) is 0 Å². The van der Waals surface area contributed by atoms with Crippen molar-refractivity contribution < 1.29 is 19.1 Å². The van der Waals surface area contributed by atoms with E-state index >= 15 is 0 Å². The smallest absolute Gasteiger partial charge is 0.270 e. The van der Waals surface area contributed by atoms with Gasteiger partial charge in [-0.3, -0.25) is 14.4 Å². The van der Waals surface area contributed by atoms with Gasteiger partial charge in [-0.2, -0.15) is 0 Å². The van der Waals surface area contributed by atoms with Crippen LogP contribution in [-0.4, -0.2) is 55.5 Å². The first kappa shape index (κ1) is 21.1. The van der Waals surface area contributed by atoms with Crippen LogP contribution in [0.25, 0.3) is 0 Å². The summed E-state index contributed by atoms with van der Waals surface area (Å²) in [6.07, 6.45) is 2.37. The molecule has 29 heavy (non-hydrogen) atoms. The molecule has 2 heterocycles. The van der Waals surface area contributed by atoms with Crippen LogP contribution in [0.4, 0.5) is 5.69 Å². The number of amides is 3. The van der Waals surface area contributed by atoms with Gasteiger partial charge < -0.3 is 25.6 Å². The van der Waals surface area contributed by atoms with Gasteiger partial charge in [0.05, 0.1) is 5.69 Å². The number of hydrogen-bond donors (Lipinski definition) is 3. The van der Waals surface area contributed by atoms with Gasteiger partial charge in [-0.25, -0.2) is 0 Å². The first-order valence-corrected chi connectivity index (χ1v) is 10.2. The summed E-state index contributed by atoms with van der Waals surface area (Å²) in [5.74, 6) is 0.106. The lowest BCUT2D eigenvalue weighted by Crippen LogP contribution is -2.54. The van der Waals surface area contributed by atoms with E-state index in [0.29, 0.717) is 36.5 Å². The number of nitrogens with one attached hydrogen (secondary N) is 3. The van der Waals surface area contributed by atoms with Crippen LogP contribution >= 0.6 is 0 Å². The molecule has 0 bridgehead atoms. The predicted molar refractivity (Wildman–Crippen MR) is 110 cm³/mol. The van der Waals surface area contributed by atoms with Gasteiger partial charge in [0.2, 0.25) is 5.91 Å². The van der Waals surface area contributed by atoms with E-state index in [2.05, 4.69) is 16.0 Å². The number of benzene rings is 1. The summed E-state index contributed by atoms with van der Waals surface area (Å²) in [5, 5.41) is 9.12. The van der Waals surface area contributed by atoms with Crippen molar-refractivity contribution in [3.63, 3.8) is 0 Å². The second kappa shape index (κ2) is 8.82. The van der Waals surface area contributed by atoms with Crippen LogP contribution in [-0.2, 0) is 9.59 Å². The summed E-state index contributed by atoms with van der Waals surface area (Å²) < 4.78 is 5.87. The molecule has 1 aromatic carbocycles. The number of anilines is 1. The molecule has 3 rings (SSSR count). The summed E-state index contributed by atoms with van der Waals surface area (Å²) >= 11 is 0. The normalized spacial score (nSPS) is 20.4. The summed E-state index contributed by atoms with van der Waals surface area (Å²) in [5.41, 5.74) is 0.0155. The average molecular weight is 402 g/mol. The van der Waals surface area contributed by atoms with Crippen molar-refractivity contribution in [3.05, 3.63) is 23.8 Å². The maximum Gasteiger partial charge on any atom is 0.270 e. The van der Waals surface area contributed by atoms with Crippen LogP contribution in [0.2, 0.25) is 0 Å². The molecule has 0 unspecified atom stereocenters. The van der Waals surface area contributed by atoms with Crippen molar-refractivity contribution in [3.8, 4) is 5.75 Å². The Labute approximate surface area is 171 Å². The highest BCUT2D eigenvalue weighted by Crippen LogP contribution is 2.38. The van der Waals surface area contributed by atoms with Crippen molar-refractivity contribution in [1.29, 1.82) is 0 Å². The van der Waals surface area contributed by atoms with Crippen LogP contribution < -0.4 is 25.6 Å². The molecule has 1 aromatic rings. The number of hydrogen-bond acceptors (Lipinski definition) is 5. The van der Waals surface area contributed by atoms with Gasteiger partial charge in [0, 0.05) is 37.7 Å². The second-order valence-corrected chi connectivity index (χ2v) is 7.97. The summed E-state index contributed by atoms with van der Waals surface area (Å²) in [6, 6.07) is 5.24. The third-order valence-electron chi connectivity index (χ3n) is 5.25. The van der Waals surface area contributed by atoms with Crippen LogP contribution in [0.1, 0.15) is 50.4 Å². The molecule has 3 amide bonds. The zero-order chi connectivity index (χ0) is 21.0. The van der Waals surface area contributed by atoms with E-state index in [0.717, 1.165) is 25.9 Å². The third-order valence-corrected chi connectivity index (χ3v) is 5.25. The Hall–Kier alpha value is -2.61. The van der Waals surface area contributed by atoms with Gasteiger partial charge in [-0.1, -0.05) is 6.92 Å². The van der Waals surface area contributed by atoms with Crippen LogP contribution in [0.3, 0.4) is 0 Å². The van der Waals surface area contributed by atoms with Gasteiger partial charge in [0.25, 0.3) is 11.8 Å². The van der Waals surface area contributed by atoms with Gasteiger partial charge in [-0.15, -0.1) is 0 Å². The minimum atomic E-state index is -1.01. The third kappa shape index (κ3) is 4.87. The summed E-state index contributed by atoms with van der Waals surface area (Å²) in [4.78, 5) is 38.8. The zero-order valence-electron chi connectivity index (χ0n) is 17.3. The molecule has 0 aromatic heterocycles. The van der Waals surface area contributed by atoms with Crippen LogP contribution in [0.15, 0.2) is 18.2 Å². The highest BCUT2D eigenvalue weighted by Gasteiger charge is 2.41. The summed E-state index contributed by atoms with van der Waals surface area (Å²) in [6.45, 7) is 7.58. The second-order valence-electron chi connectivity index (χ2n) is 7.97. The van der Waals surface area contributed by atoms with Crippen molar-refractivity contribution in [2.75, 3.05) is 31.1 Å². The Kier molecular flexibility index (Phi) is 6.42. The topological polar surface area (TPSA) is 99.8 Å². The number of fused-ring (bicyclic) bond motifs is 1. The van der Waals surface area contributed by atoms with Crippen molar-refractivity contribution >= 4 is 23.4 Å². The van der Waals surface area contributed by atoms with E-state index in [1.54, 1.807) is 43.9 Å². The minimum absolute atomic E-state index is 0.0700. The highest BCUT2D eigenvalue weighted by atomic mass is 16.5. The highest BCUT2D eigenvalue weighted by molar-refractivity contribution is 6.04. The molecular weight excluding hydrogens is 372 g/mol. The van der Waals surface area contributed by atoms with E-state index < -0.39 is 5.60 Å². The maximum atomic E-state index is 12.9. The molecule has 0 saturated carbocycles. The number of ether oxygens (including phenoxy) is 1. The van der Waals surface area contributed by atoms with Crippen LogP contribution in [0, 0.1) is 0 Å². The Balaban J connectivity index is 1.79. The molecule has 0 aliphatic carbocycles. The average Bonchev–Trinajstić information content (AvgIpc) is 2.71. The lowest BCUT2D eigenvalue weighted by molar-refractivity contribution is -0.132. The first-order valence-electron chi connectivity index (χ1n) is 10.2. The number of carbonyl (C=O) groups excluding carboxylic acids is 3.